The zero-order chi connectivity index (χ0) is 12.8. The largest absolute Gasteiger partial charge is 0.357 e. The molecule has 4 heteroatoms. The molecule has 1 saturated heterocycles. The normalized spacial score (nSPS) is 21.2. The van der Waals surface area contributed by atoms with Gasteiger partial charge in [0.2, 0.25) is 0 Å². The molecule has 2 aromatic heterocycles. The highest BCUT2D eigenvalue weighted by Crippen LogP contribution is 2.43. The second kappa shape index (κ2) is 4.22. The van der Waals surface area contributed by atoms with Gasteiger partial charge in [-0.05, 0) is 43.6 Å². The van der Waals surface area contributed by atoms with Gasteiger partial charge in [-0.3, -0.25) is 0 Å². The van der Waals surface area contributed by atoms with Gasteiger partial charge >= 0.3 is 0 Å². The molecule has 4 rings (SSSR count). The van der Waals surface area contributed by atoms with Gasteiger partial charge < -0.3 is 4.90 Å². The second-order valence-corrected chi connectivity index (χ2v) is 5.97. The Bertz CT molecular complexity index is 593. The van der Waals surface area contributed by atoms with E-state index in [0.717, 1.165) is 30.5 Å². The number of hydrogen-bond donors (Lipinski definition) is 0. The molecule has 1 unspecified atom stereocenters. The smallest absolute Gasteiger partial charge is 0.160 e. The Balaban J connectivity index is 1.75. The highest BCUT2D eigenvalue weighted by Gasteiger charge is 2.31. The molecule has 1 aliphatic heterocycles. The zero-order valence-corrected chi connectivity index (χ0v) is 11.4. The molecule has 3 heterocycles. The summed E-state index contributed by atoms with van der Waals surface area (Å²) >= 11 is 0. The molecule has 0 amide bonds. The molecule has 4 nitrogen and oxygen atoms in total. The van der Waals surface area contributed by atoms with Crippen molar-refractivity contribution < 1.29 is 0 Å². The summed E-state index contributed by atoms with van der Waals surface area (Å²) in [5, 5.41) is 4.45. The molecular formula is C15H20N4. The van der Waals surface area contributed by atoms with Crippen molar-refractivity contribution in [3.8, 4) is 0 Å². The first-order valence-corrected chi connectivity index (χ1v) is 7.42. The molecule has 1 saturated carbocycles. The maximum Gasteiger partial charge on any atom is 0.160 e. The van der Waals surface area contributed by atoms with Crippen molar-refractivity contribution in [3.05, 3.63) is 24.0 Å². The van der Waals surface area contributed by atoms with Gasteiger partial charge in [-0.25, -0.2) is 9.50 Å². The summed E-state index contributed by atoms with van der Waals surface area (Å²) in [7, 11) is 0. The number of hydrogen-bond acceptors (Lipinski definition) is 3. The van der Waals surface area contributed by atoms with Crippen molar-refractivity contribution in [1.29, 1.82) is 0 Å². The molecule has 0 aromatic carbocycles. The zero-order valence-electron chi connectivity index (χ0n) is 11.4. The monoisotopic (exact) mass is 256 g/mol. The van der Waals surface area contributed by atoms with Crippen molar-refractivity contribution in [1.82, 2.24) is 14.6 Å². The fourth-order valence-electron chi connectivity index (χ4n) is 3.17. The number of aromatic nitrogens is 3. The highest BCUT2D eigenvalue weighted by atomic mass is 15.3. The van der Waals surface area contributed by atoms with Crippen LogP contribution in [0.5, 0.6) is 0 Å². The van der Waals surface area contributed by atoms with Gasteiger partial charge in [0.1, 0.15) is 5.82 Å². The van der Waals surface area contributed by atoms with E-state index in [1.54, 1.807) is 0 Å². The van der Waals surface area contributed by atoms with Crippen molar-refractivity contribution in [2.45, 2.75) is 38.5 Å². The first-order valence-electron chi connectivity index (χ1n) is 7.42. The van der Waals surface area contributed by atoms with Crippen LogP contribution in [-0.4, -0.2) is 27.7 Å². The van der Waals surface area contributed by atoms with E-state index in [-0.39, 0.29) is 0 Å². The number of nitrogens with zero attached hydrogens (tertiary/aromatic N) is 4. The third-order valence-corrected chi connectivity index (χ3v) is 4.63. The van der Waals surface area contributed by atoms with E-state index < -0.39 is 0 Å². The number of rotatable bonds is 3. The predicted octanol–water partition coefficient (Wildman–Crippen LogP) is 2.84. The van der Waals surface area contributed by atoms with Gasteiger partial charge in [0.05, 0.1) is 6.20 Å². The minimum absolute atomic E-state index is 0.596. The Morgan fingerprint density at radius 1 is 1.26 bits per heavy atom. The van der Waals surface area contributed by atoms with E-state index in [2.05, 4.69) is 29.2 Å². The van der Waals surface area contributed by atoms with Gasteiger partial charge in [0.25, 0.3) is 0 Å². The molecule has 100 valence electrons. The fraction of sp³-hybridized carbons (Fsp3) is 0.600. The lowest BCUT2D eigenvalue weighted by molar-refractivity contribution is 0.667. The summed E-state index contributed by atoms with van der Waals surface area (Å²) < 4.78 is 1.92. The maximum atomic E-state index is 4.87. The average Bonchev–Trinajstić information content (AvgIpc) is 2.99. The van der Waals surface area contributed by atoms with E-state index in [1.807, 2.05) is 10.7 Å². The average molecular weight is 256 g/mol. The highest BCUT2D eigenvalue weighted by molar-refractivity contribution is 5.54. The van der Waals surface area contributed by atoms with Gasteiger partial charge in [-0.1, -0.05) is 6.92 Å². The molecule has 1 atom stereocenters. The molecule has 2 aromatic rings. The summed E-state index contributed by atoms with van der Waals surface area (Å²) in [6.45, 7) is 4.61. The molecule has 0 bridgehead atoms. The van der Waals surface area contributed by atoms with Crippen LogP contribution in [0.25, 0.3) is 5.65 Å². The topological polar surface area (TPSA) is 33.4 Å². The standard InChI is InChI=1S/C15H20N4/c1-11(12-4-5-12)13-10-16-19-9-6-14(17-15(13)19)18-7-2-3-8-18/h6,9-12H,2-5,7-8H2,1H3. The van der Waals surface area contributed by atoms with Crippen molar-refractivity contribution in [2.24, 2.45) is 5.92 Å². The molecule has 0 N–H and O–H groups in total. The van der Waals surface area contributed by atoms with Crippen LogP contribution in [0.15, 0.2) is 18.5 Å². The third kappa shape index (κ3) is 1.90. The molecule has 19 heavy (non-hydrogen) atoms. The molecule has 2 aliphatic rings. The fourth-order valence-corrected chi connectivity index (χ4v) is 3.17. The van der Waals surface area contributed by atoms with Crippen LogP contribution in [0, 0.1) is 5.92 Å². The van der Waals surface area contributed by atoms with Crippen molar-refractivity contribution in [2.75, 3.05) is 18.0 Å². The lowest BCUT2D eigenvalue weighted by Gasteiger charge is -2.16. The van der Waals surface area contributed by atoms with E-state index in [0.29, 0.717) is 5.92 Å². The summed E-state index contributed by atoms with van der Waals surface area (Å²) in [6.07, 6.45) is 9.38. The quantitative estimate of drug-likeness (QED) is 0.846. The SMILES string of the molecule is CC(c1cnn2ccc(N3CCCC3)nc12)C1CC1. The van der Waals surface area contributed by atoms with Crippen molar-refractivity contribution in [3.63, 3.8) is 0 Å². The third-order valence-electron chi connectivity index (χ3n) is 4.63. The Kier molecular flexibility index (Phi) is 2.50. The summed E-state index contributed by atoms with van der Waals surface area (Å²) in [5.41, 5.74) is 2.38. The molecule has 1 aliphatic carbocycles. The van der Waals surface area contributed by atoms with Gasteiger partial charge in [-0.2, -0.15) is 5.10 Å². The Morgan fingerprint density at radius 3 is 2.79 bits per heavy atom. The predicted molar refractivity (Wildman–Crippen MR) is 75.6 cm³/mol. The summed E-state index contributed by atoms with van der Waals surface area (Å²) in [4.78, 5) is 7.26. The van der Waals surface area contributed by atoms with Crippen LogP contribution in [0.1, 0.15) is 44.1 Å². The van der Waals surface area contributed by atoms with E-state index in [1.165, 1.54) is 31.2 Å². The maximum absolute atomic E-state index is 4.87. The van der Waals surface area contributed by atoms with Crippen LogP contribution in [0.4, 0.5) is 5.82 Å². The van der Waals surface area contributed by atoms with Crippen LogP contribution in [0.3, 0.4) is 0 Å². The van der Waals surface area contributed by atoms with Gasteiger partial charge in [0, 0.05) is 24.8 Å². The van der Waals surface area contributed by atoms with Crippen LogP contribution in [0.2, 0.25) is 0 Å². The Hall–Kier alpha value is -1.58. The minimum Gasteiger partial charge on any atom is -0.357 e. The summed E-state index contributed by atoms with van der Waals surface area (Å²) in [5.74, 6) is 2.57. The first-order chi connectivity index (χ1) is 9.33. The van der Waals surface area contributed by atoms with Gasteiger partial charge in [-0.15, -0.1) is 0 Å². The molecule has 0 spiro atoms. The lowest BCUT2D eigenvalue weighted by Crippen LogP contribution is -2.19. The number of anilines is 1. The summed E-state index contributed by atoms with van der Waals surface area (Å²) in [6, 6.07) is 2.09. The minimum atomic E-state index is 0.596. The number of fused-ring (bicyclic) bond motifs is 1. The van der Waals surface area contributed by atoms with Crippen LogP contribution < -0.4 is 4.90 Å². The first kappa shape index (κ1) is 11.3. The molecular weight excluding hydrogens is 236 g/mol. The van der Waals surface area contributed by atoms with E-state index in [4.69, 9.17) is 4.98 Å². The lowest BCUT2D eigenvalue weighted by atomic mass is 9.99. The Morgan fingerprint density at radius 2 is 2.05 bits per heavy atom. The van der Waals surface area contributed by atoms with E-state index in [9.17, 15) is 0 Å². The molecule has 0 radical (unpaired) electrons. The Labute approximate surface area is 113 Å². The van der Waals surface area contributed by atoms with E-state index >= 15 is 0 Å². The van der Waals surface area contributed by atoms with Crippen LogP contribution >= 0.6 is 0 Å². The van der Waals surface area contributed by atoms with Crippen LogP contribution in [-0.2, 0) is 0 Å². The second-order valence-electron chi connectivity index (χ2n) is 5.97. The van der Waals surface area contributed by atoms with Gasteiger partial charge in [0.15, 0.2) is 5.65 Å². The van der Waals surface area contributed by atoms with Crippen molar-refractivity contribution >= 4 is 11.5 Å². The molecule has 2 fully saturated rings.